The molecule has 2 heterocycles. The number of carbonyl (C=O) groups is 1. The van der Waals surface area contributed by atoms with Gasteiger partial charge in [0.1, 0.15) is 11.2 Å². The molecule has 158 valence electrons. The summed E-state index contributed by atoms with van der Waals surface area (Å²) in [5, 5.41) is 6.04. The van der Waals surface area contributed by atoms with Gasteiger partial charge in [0.2, 0.25) is 0 Å². The van der Waals surface area contributed by atoms with Crippen molar-refractivity contribution in [2.45, 2.75) is 13.1 Å². The lowest BCUT2D eigenvalue weighted by molar-refractivity contribution is -0.140. The van der Waals surface area contributed by atoms with Crippen LogP contribution in [0.4, 0.5) is 24.5 Å². The molecule has 0 aliphatic heterocycles. The van der Waals surface area contributed by atoms with Crippen molar-refractivity contribution >= 4 is 22.9 Å². The number of H-pyrrole nitrogens is 1. The summed E-state index contributed by atoms with van der Waals surface area (Å²) < 4.78 is 41.7. The van der Waals surface area contributed by atoms with E-state index in [1.54, 1.807) is 36.4 Å². The molecule has 0 unspecified atom stereocenters. The molecule has 0 bridgehead atoms. The highest BCUT2D eigenvalue weighted by Crippen LogP contribution is 2.38. The van der Waals surface area contributed by atoms with Crippen LogP contribution in [0.1, 0.15) is 21.7 Å². The Morgan fingerprint density at radius 3 is 2.48 bits per heavy atom. The smallest absolute Gasteiger partial charge is 0.399 e. The molecule has 0 aliphatic rings. The molecule has 1 amide bonds. The number of nitrogens with one attached hydrogen (secondary N) is 2. The third kappa shape index (κ3) is 3.63. The van der Waals surface area contributed by atoms with E-state index in [0.29, 0.717) is 15.9 Å². The second kappa shape index (κ2) is 7.31. The maximum Gasteiger partial charge on any atom is 0.435 e. The van der Waals surface area contributed by atoms with Gasteiger partial charge in [0.15, 0.2) is 5.69 Å². The van der Waals surface area contributed by atoms with Crippen LogP contribution in [0.3, 0.4) is 0 Å². The molecular weight excluding hydrogens is 411 g/mol. The topological polar surface area (TPSA) is 105 Å². The van der Waals surface area contributed by atoms with Crippen LogP contribution < -0.4 is 16.6 Å². The number of hydrogen-bond acceptors (Lipinski definition) is 4. The van der Waals surface area contributed by atoms with Gasteiger partial charge in [-0.05, 0) is 30.7 Å². The number of aryl methyl sites for hydroxylation is 1. The molecule has 7 nitrogen and oxygen atoms in total. The van der Waals surface area contributed by atoms with E-state index in [1.165, 1.54) is 25.1 Å². The molecule has 0 saturated heterocycles. The summed E-state index contributed by atoms with van der Waals surface area (Å²) in [4.78, 5) is 28.5. The fourth-order valence-corrected chi connectivity index (χ4v) is 3.34. The Kier molecular flexibility index (Phi) is 4.77. The van der Waals surface area contributed by atoms with Gasteiger partial charge in [-0.1, -0.05) is 36.4 Å². The zero-order chi connectivity index (χ0) is 22.3. The van der Waals surface area contributed by atoms with Crippen LogP contribution >= 0.6 is 0 Å². The van der Waals surface area contributed by atoms with E-state index >= 15 is 0 Å². The van der Waals surface area contributed by atoms with E-state index in [4.69, 9.17) is 5.73 Å². The Morgan fingerprint density at radius 2 is 1.84 bits per heavy atom. The normalized spacial score (nSPS) is 11.6. The Balaban J connectivity index is 1.91. The number of hydrogen-bond donors (Lipinski definition) is 3. The molecule has 2 aromatic heterocycles. The van der Waals surface area contributed by atoms with Crippen molar-refractivity contribution in [1.82, 2.24) is 14.6 Å². The van der Waals surface area contributed by atoms with Crippen LogP contribution in [0, 0.1) is 6.92 Å². The Hall–Kier alpha value is -4.08. The van der Waals surface area contributed by atoms with Crippen molar-refractivity contribution in [2.24, 2.45) is 0 Å². The first-order valence-electron chi connectivity index (χ1n) is 9.12. The SMILES string of the molecule is Cc1[nH]c2c(-c3ccccc3)c(C(F)(F)F)nn2c(=O)c1C(=O)Nc1cccc(N)c1. The lowest BCUT2D eigenvalue weighted by atomic mass is 10.1. The van der Waals surface area contributed by atoms with Crippen molar-refractivity contribution in [1.29, 1.82) is 0 Å². The number of rotatable bonds is 3. The number of anilines is 2. The lowest BCUT2D eigenvalue weighted by Gasteiger charge is -2.09. The fraction of sp³-hybridized carbons (Fsp3) is 0.0952. The zero-order valence-electron chi connectivity index (χ0n) is 16.1. The number of nitrogens with two attached hydrogens (primary N) is 1. The van der Waals surface area contributed by atoms with Gasteiger partial charge in [0.05, 0.1) is 5.56 Å². The molecule has 0 saturated carbocycles. The summed E-state index contributed by atoms with van der Waals surface area (Å²) >= 11 is 0. The third-order valence-electron chi connectivity index (χ3n) is 4.68. The predicted octanol–water partition coefficient (Wildman–Crippen LogP) is 3.85. The highest BCUT2D eigenvalue weighted by atomic mass is 19.4. The number of aromatic amines is 1. The summed E-state index contributed by atoms with van der Waals surface area (Å²) in [5.74, 6) is -0.795. The van der Waals surface area contributed by atoms with E-state index in [0.717, 1.165) is 0 Å². The van der Waals surface area contributed by atoms with Gasteiger partial charge in [-0.3, -0.25) is 9.59 Å². The summed E-state index contributed by atoms with van der Waals surface area (Å²) in [7, 11) is 0. The lowest BCUT2D eigenvalue weighted by Crippen LogP contribution is -2.29. The van der Waals surface area contributed by atoms with E-state index in [-0.39, 0.29) is 28.0 Å². The van der Waals surface area contributed by atoms with Crippen molar-refractivity contribution < 1.29 is 18.0 Å². The molecule has 0 aliphatic carbocycles. The molecule has 4 rings (SSSR count). The molecule has 0 spiro atoms. The number of amides is 1. The van der Waals surface area contributed by atoms with Crippen LogP contribution in [0.2, 0.25) is 0 Å². The highest BCUT2D eigenvalue weighted by molar-refractivity contribution is 6.05. The average molecular weight is 427 g/mol. The van der Waals surface area contributed by atoms with Crippen LogP contribution in [0.25, 0.3) is 16.8 Å². The Bertz CT molecular complexity index is 1360. The first kappa shape index (κ1) is 20.2. The molecule has 10 heteroatoms. The summed E-state index contributed by atoms with van der Waals surface area (Å²) in [6.07, 6.45) is -4.81. The zero-order valence-corrected chi connectivity index (χ0v) is 16.1. The number of alkyl halides is 3. The molecule has 31 heavy (non-hydrogen) atoms. The van der Waals surface area contributed by atoms with E-state index in [9.17, 15) is 22.8 Å². The standard InChI is InChI=1S/C21H16F3N5O2/c1-11-15(19(30)27-14-9-5-8-13(25)10-14)20(31)29-18(26-11)16(12-6-3-2-4-7-12)17(28-29)21(22,23)24/h2-10,26H,25H2,1H3,(H,27,30). The predicted molar refractivity (Wildman–Crippen MR) is 110 cm³/mol. The highest BCUT2D eigenvalue weighted by Gasteiger charge is 2.39. The Labute approximate surface area is 173 Å². The van der Waals surface area contributed by atoms with Crippen molar-refractivity contribution in [3.63, 3.8) is 0 Å². The molecule has 0 radical (unpaired) electrons. The third-order valence-corrected chi connectivity index (χ3v) is 4.68. The maximum atomic E-state index is 13.7. The second-order valence-corrected chi connectivity index (χ2v) is 6.86. The van der Waals surface area contributed by atoms with Gasteiger partial charge in [-0.2, -0.15) is 22.8 Å². The molecule has 0 fully saturated rings. The first-order chi connectivity index (χ1) is 14.7. The van der Waals surface area contributed by atoms with E-state index in [1.807, 2.05) is 0 Å². The number of nitrogens with zero attached hydrogens (tertiary/aromatic N) is 2. The fourth-order valence-electron chi connectivity index (χ4n) is 3.34. The quantitative estimate of drug-likeness (QED) is 0.432. The number of halogens is 3. The first-order valence-corrected chi connectivity index (χ1v) is 9.12. The maximum absolute atomic E-state index is 13.7. The van der Waals surface area contributed by atoms with E-state index < -0.39 is 23.3 Å². The largest absolute Gasteiger partial charge is 0.435 e. The monoisotopic (exact) mass is 427 g/mol. The Morgan fingerprint density at radius 1 is 1.13 bits per heavy atom. The molecular formula is C21H16F3N5O2. The van der Waals surface area contributed by atoms with Gasteiger partial charge in [-0.25, -0.2) is 0 Å². The van der Waals surface area contributed by atoms with E-state index in [2.05, 4.69) is 15.4 Å². The number of carbonyl (C=O) groups excluding carboxylic acids is 1. The second-order valence-electron chi connectivity index (χ2n) is 6.86. The summed E-state index contributed by atoms with van der Waals surface area (Å²) in [6, 6.07) is 14.1. The minimum atomic E-state index is -4.81. The molecule has 4 aromatic rings. The minimum absolute atomic E-state index is 0.102. The number of nitrogen functional groups attached to an aromatic ring is 1. The molecule has 4 N–H and O–H groups in total. The van der Waals surface area contributed by atoms with Gasteiger partial charge in [-0.15, -0.1) is 0 Å². The van der Waals surface area contributed by atoms with Crippen molar-refractivity contribution in [2.75, 3.05) is 11.1 Å². The average Bonchev–Trinajstić information content (AvgIpc) is 3.09. The van der Waals surface area contributed by atoms with Crippen LogP contribution in [0.15, 0.2) is 59.4 Å². The summed E-state index contributed by atoms with van der Waals surface area (Å²) in [5.41, 5.74) is 3.78. The number of fused-ring (bicyclic) bond motifs is 1. The van der Waals surface area contributed by atoms with Crippen molar-refractivity contribution in [3.05, 3.63) is 81.9 Å². The number of benzene rings is 2. The molecule has 2 aromatic carbocycles. The van der Waals surface area contributed by atoms with Gasteiger partial charge in [0, 0.05) is 17.1 Å². The van der Waals surface area contributed by atoms with Gasteiger partial charge >= 0.3 is 6.18 Å². The van der Waals surface area contributed by atoms with Crippen LogP contribution in [-0.4, -0.2) is 20.5 Å². The minimum Gasteiger partial charge on any atom is -0.399 e. The van der Waals surface area contributed by atoms with Gasteiger partial charge in [0.25, 0.3) is 11.5 Å². The van der Waals surface area contributed by atoms with Crippen molar-refractivity contribution in [3.8, 4) is 11.1 Å². The van der Waals surface area contributed by atoms with Crippen LogP contribution in [0.5, 0.6) is 0 Å². The summed E-state index contributed by atoms with van der Waals surface area (Å²) in [6.45, 7) is 1.44. The van der Waals surface area contributed by atoms with Crippen LogP contribution in [-0.2, 0) is 6.18 Å². The molecule has 0 atom stereocenters. The number of aromatic nitrogens is 3. The van der Waals surface area contributed by atoms with Gasteiger partial charge < -0.3 is 16.0 Å².